The summed E-state index contributed by atoms with van der Waals surface area (Å²) in [4.78, 5) is 8.12. The second-order valence-electron chi connectivity index (χ2n) is 13.5. The van der Waals surface area contributed by atoms with Gasteiger partial charge in [0.15, 0.2) is 16.7 Å². The molecule has 56 heavy (non-hydrogen) atoms. The second-order valence-corrected chi connectivity index (χ2v) is 13.5. The van der Waals surface area contributed by atoms with Crippen molar-refractivity contribution in [3.63, 3.8) is 0 Å². The minimum absolute atomic E-state index is 0.499. The van der Waals surface area contributed by atoms with Gasteiger partial charge in [-0.05, 0) is 77.9 Å². The number of rotatable bonds is 7. The molecule has 8 aromatic carbocycles. The van der Waals surface area contributed by atoms with Crippen molar-refractivity contribution in [1.82, 2.24) is 0 Å². The average molecular weight is 719 g/mol. The van der Waals surface area contributed by atoms with E-state index in [1.165, 1.54) is 0 Å². The molecule has 0 spiro atoms. The number of nitriles is 1. The lowest BCUT2D eigenvalue weighted by Gasteiger charge is -2.26. The van der Waals surface area contributed by atoms with E-state index in [0.717, 1.165) is 78.0 Å². The van der Waals surface area contributed by atoms with E-state index in [4.69, 9.17) is 15.4 Å². The largest absolute Gasteiger partial charge is 0.465 e. The van der Waals surface area contributed by atoms with Crippen LogP contribution in [0.1, 0.15) is 5.56 Å². The number of hydrogen-bond donors (Lipinski definition) is 0. The third kappa shape index (κ3) is 5.33. The molecule has 2 heterocycles. The maximum atomic E-state index is 9.81. The summed E-state index contributed by atoms with van der Waals surface area (Å²) in [7, 11) is 0. The quantitative estimate of drug-likeness (QED) is 0.154. The molecule has 0 aliphatic carbocycles. The van der Waals surface area contributed by atoms with Crippen LogP contribution in [-0.2, 0) is 0 Å². The maximum absolute atomic E-state index is 9.81. The summed E-state index contributed by atoms with van der Waals surface area (Å²) in [5.41, 5.74) is 11.5. The Morgan fingerprint density at radius 2 is 0.821 bits per heavy atom. The van der Waals surface area contributed by atoms with E-state index < -0.39 is 0 Å². The van der Waals surface area contributed by atoms with Crippen molar-refractivity contribution >= 4 is 83.7 Å². The standard InChI is InChI=1S/C50H30N4O2/c1-52-44-21-9-18-41-43-20-11-23-46(50(43)56-48(41)44)54(37-15-6-3-7-16-37)39-30-26-34(27-31-39)33-24-28-38(29-25-33)53(36-13-4-2-5-14-36)45-22-10-19-42-40-17-8-12-35(32-51)47(40)55-49(42)45/h2-31H. The Bertz CT molecular complexity index is 2940. The molecule has 0 saturated heterocycles. The highest BCUT2D eigenvalue weighted by Crippen LogP contribution is 2.45. The summed E-state index contributed by atoms with van der Waals surface area (Å²) in [6.07, 6.45) is 0. The first-order chi connectivity index (χ1) is 27.7. The lowest BCUT2D eigenvalue weighted by atomic mass is 10.0. The predicted molar refractivity (Wildman–Crippen MR) is 227 cm³/mol. The van der Waals surface area contributed by atoms with Crippen LogP contribution in [0.25, 0.3) is 59.8 Å². The van der Waals surface area contributed by atoms with Crippen molar-refractivity contribution in [2.45, 2.75) is 0 Å². The summed E-state index contributed by atoms with van der Waals surface area (Å²) in [5.74, 6) is 0. The summed E-state index contributed by atoms with van der Waals surface area (Å²) < 4.78 is 13.0. The van der Waals surface area contributed by atoms with Crippen LogP contribution in [0.4, 0.5) is 39.8 Å². The van der Waals surface area contributed by atoms with Gasteiger partial charge in [0.2, 0.25) is 5.69 Å². The molecule has 0 amide bonds. The van der Waals surface area contributed by atoms with E-state index in [2.05, 4.69) is 112 Å². The van der Waals surface area contributed by atoms with Crippen LogP contribution in [0.3, 0.4) is 0 Å². The van der Waals surface area contributed by atoms with E-state index >= 15 is 0 Å². The first kappa shape index (κ1) is 32.6. The van der Waals surface area contributed by atoms with Gasteiger partial charge >= 0.3 is 0 Å². The van der Waals surface area contributed by atoms with Crippen LogP contribution < -0.4 is 9.80 Å². The van der Waals surface area contributed by atoms with E-state index in [1.54, 1.807) is 12.1 Å². The minimum atomic E-state index is 0.499. The Labute approximate surface area is 322 Å². The number of hydrogen-bond acceptors (Lipinski definition) is 5. The SMILES string of the molecule is [C-]#[N+]c1cccc2c1oc1c(N(c3ccccc3)c3ccc(-c4ccc(N(c5ccccc5)c5cccc6c5oc5c(C#N)cccc56)cc4)cc3)cccc12. The lowest BCUT2D eigenvalue weighted by Crippen LogP contribution is -2.10. The van der Waals surface area contributed by atoms with Crippen molar-refractivity contribution in [2.24, 2.45) is 0 Å². The molecule has 0 atom stereocenters. The fraction of sp³-hybridized carbons (Fsp3) is 0. The van der Waals surface area contributed by atoms with Crippen molar-refractivity contribution in [1.29, 1.82) is 5.26 Å². The number of furan rings is 2. The Balaban J connectivity index is 1.04. The Kier molecular flexibility index (Phi) is 7.80. The topological polar surface area (TPSA) is 60.9 Å². The van der Waals surface area contributed by atoms with E-state index in [1.807, 2.05) is 78.9 Å². The van der Waals surface area contributed by atoms with Crippen molar-refractivity contribution in [3.05, 3.63) is 199 Å². The molecule has 0 unspecified atom stereocenters. The normalized spacial score (nSPS) is 11.2. The molecule has 6 heteroatoms. The van der Waals surface area contributed by atoms with Crippen LogP contribution >= 0.6 is 0 Å². The van der Waals surface area contributed by atoms with Gasteiger partial charge in [0.25, 0.3) is 0 Å². The van der Waals surface area contributed by atoms with Gasteiger partial charge in [-0.15, -0.1) is 0 Å². The molecule has 10 aromatic rings. The van der Waals surface area contributed by atoms with Gasteiger partial charge < -0.3 is 18.6 Å². The molecule has 0 aliphatic heterocycles. The Morgan fingerprint density at radius 1 is 0.411 bits per heavy atom. The van der Waals surface area contributed by atoms with Gasteiger partial charge in [-0.3, -0.25) is 0 Å². The zero-order valence-corrected chi connectivity index (χ0v) is 29.9. The fourth-order valence-electron chi connectivity index (χ4n) is 7.74. The van der Waals surface area contributed by atoms with E-state index in [9.17, 15) is 5.26 Å². The van der Waals surface area contributed by atoms with E-state index in [-0.39, 0.29) is 0 Å². The van der Waals surface area contributed by atoms with Crippen LogP contribution in [0.2, 0.25) is 0 Å². The van der Waals surface area contributed by atoms with Gasteiger partial charge in [-0.2, -0.15) is 5.26 Å². The summed E-state index contributed by atoms with van der Waals surface area (Å²) >= 11 is 0. The van der Waals surface area contributed by atoms with Gasteiger partial charge in [-0.1, -0.05) is 115 Å². The average Bonchev–Trinajstić information content (AvgIpc) is 3.85. The lowest BCUT2D eigenvalue weighted by molar-refractivity contribution is 0.668. The fourth-order valence-corrected chi connectivity index (χ4v) is 7.74. The van der Waals surface area contributed by atoms with Gasteiger partial charge in [0.1, 0.15) is 11.7 Å². The molecule has 262 valence electrons. The summed E-state index contributed by atoms with van der Waals surface area (Å²) in [6, 6.07) is 63.6. The molecule has 6 nitrogen and oxygen atoms in total. The van der Waals surface area contributed by atoms with Gasteiger partial charge in [-0.25, -0.2) is 4.85 Å². The monoisotopic (exact) mass is 718 g/mol. The summed E-state index contributed by atoms with van der Waals surface area (Å²) in [6.45, 7) is 7.71. The first-order valence-corrected chi connectivity index (χ1v) is 18.3. The predicted octanol–water partition coefficient (Wildman–Crippen LogP) is 14.5. The number of anilines is 6. The molecule has 0 N–H and O–H groups in total. The molecule has 2 aromatic heterocycles. The third-order valence-corrected chi connectivity index (χ3v) is 10.3. The second kappa shape index (κ2) is 13.4. The Hall–Kier alpha value is -8.06. The van der Waals surface area contributed by atoms with Crippen LogP contribution in [0, 0.1) is 17.9 Å². The highest BCUT2D eigenvalue weighted by Gasteiger charge is 2.22. The van der Waals surface area contributed by atoms with E-state index in [0.29, 0.717) is 22.4 Å². The molecular formula is C50H30N4O2. The maximum Gasteiger partial charge on any atom is 0.229 e. The van der Waals surface area contributed by atoms with Crippen LogP contribution in [-0.4, -0.2) is 0 Å². The van der Waals surface area contributed by atoms with Gasteiger partial charge in [0.05, 0.1) is 23.5 Å². The highest BCUT2D eigenvalue weighted by molar-refractivity contribution is 6.13. The molecule has 0 aliphatic rings. The smallest absolute Gasteiger partial charge is 0.229 e. The highest BCUT2D eigenvalue weighted by atomic mass is 16.3. The van der Waals surface area contributed by atoms with Crippen molar-refractivity contribution < 1.29 is 8.83 Å². The molecule has 10 rings (SSSR count). The Morgan fingerprint density at radius 3 is 1.30 bits per heavy atom. The summed E-state index contributed by atoms with van der Waals surface area (Å²) in [5, 5.41) is 13.6. The molecule has 0 radical (unpaired) electrons. The van der Waals surface area contributed by atoms with Crippen molar-refractivity contribution in [3.8, 4) is 17.2 Å². The molecular weight excluding hydrogens is 689 g/mol. The van der Waals surface area contributed by atoms with Crippen LogP contribution in [0.15, 0.2) is 191 Å². The number of nitrogens with zero attached hydrogens (tertiary/aromatic N) is 4. The minimum Gasteiger partial charge on any atom is -0.465 e. The first-order valence-electron chi connectivity index (χ1n) is 18.3. The van der Waals surface area contributed by atoms with Crippen LogP contribution in [0.5, 0.6) is 0 Å². The zero-order valence-electron chi connectivity index (χ0n) is 29.9. The number of fused-ring (bicyclic) bond motifs is 6. The number of benzene rings is 8. The molecule has 0 fully saturated rings. The zero-order chi connectivity index (χ0) is 37.6. The third-order valence-electron chi connectivity index (χ3n) is 10.3. The molecule has 0 bridgehead atoms. The van der Waals surface area contributed by atoms with Gasteiger partial charge in [0, 0.05) is 44.3 Å². The molecule has 0 saturated carbocycles. The van der Waals surface area contributed by atoms with Crippen molar-refractivity contribution in [2.75, 3.05) is 9.80 Å². The number of para-hydroxylation sites is 6.